The van der Waals surface area contributed by atoms with Gasteiger partial charge in [-0.2, -0.15) is 0 Å². The molecular weight excluding hydrogens is 246 g/mol. The van der Waals surface area contributed by atoms with Gasteiger partial charge in [-0.15, -0.1) is 0 Å². The highest BCUT2D eigenvalue weighted by Crippen LogP contribution is 2.14. The predicted molar refractivity (Wildman–Crippen MR) is 77.3 cm³/mol. The average Bonchev–Trinajstić information content (AvgIpc) is 2.37. The molecule has 0 aliphatic carbocycles. The molecule has 0 aliphatic heterocycles. The van der Waals surface area contributed by atoms with Crippen molar-refractivity contribution in [2.45, 2.75) is 33.2 Å². The van der Waals surface area contributed by atoms with Crippen LogP contribution >= 0.6 is 11.6 Å². The van der Waals surface area contributed by atoms with E-state index in [1.54, 1.807) is 24.3 Å². The number of carbonyl (C=O) groups excluding carboxylic acids is 1. The first-order chi connectivity index (χ1) is 8.45. The third-order valence-corrected chi connectivity index (χ3v) is 3.72. The van der Waals surface area contributed by atoms with Gasteiger partial charge in [0.2, 0.25) is 0 Å². The largest absolute Gasteiger partial charge is 0.296 e. The number of likely N-dealkylation sites (N-methyl/N-ethyl adjacent to an activating group) is 1. The molecular formula is C15H22ClNO. The molecule has 0 aliphatic rings. The fourth-order valence-corrected chi connectivity index (χ4v) is 1.96. The van der Waals surface area contributed by atoms with Gasteiger partial charge >= 0.3 is 0 Å². The molecule has 100 valence electrons. The van der Waals surface area contributed by atoms with E-state index in [4.69, 9.17) is 11.6 Å². The third-order valence-electron chi connectivity index (χ3n) is 3.47. The van der Waals surface area contributed by atoms with E-state index in [-0.39, 0.29) is 11.8 Å². The predicted octanol–water partition coefficient (Wildman–Crippen LogP) is 3.89. The van der Waals surface area contributed by atoms with Gasteiger partial charge in [-0.25, -0.2) is 0 Å². The highest BCUT2D eigenvalue weighted by molar-refractivity contribution is 6.30. The van der Waals surface area contributed by atoms with Gasteiger partial charge in [0.15, 0.2) is 5.78 Å². The van der Waals surface area contributed by atoms with Crippen molar-refractivity contribution in [1.29, 1.82) is 0 Å². The fraction of sp³-hybridized carbons (Fsp3) is 0.533. The smallest absolute Gasteiger partial charge is 0.179 e. The number of Topliss-reactive ketones (excluding diaryl/α,β-unsaturated/α-hetero) is 1. The maximum absolute atomic E-state index is 12.3. The highest BCUT2D eigenvalue weighted by Gasteiger charge is 2.20. The van der Waals surface area contributed by atoms with Crippen LogP contribution in [-0.2, 0) is 0 Å². The summed E-state index contributed by atoms with van der Waals surface area (Å²) in [5.41, 5.74) is 0.725. The summed E-state index contributed by atoms with van der Waals surface area (Å²) in [6.45, 7) is 7.27. The Bertz CT molecular complexity index is 388. The maximum Gasteiger partial charge on any atom is 0.179 e. The third kappa shape index (κ3) is 4.11. The number of ketones is 1. The van der Waals surface area contributed by atoms with E-state index in [2.05, 4.69) is 18.7 Å². The van der Waals surface area contributed by atoms with Gasteiger partial charge in [-0.1, -0.05) is 31.9 Å². The molecule has 0 spiro atoms. The summed E-state index contributed by atoms with van der Waals surface area (Å²) in [7, 11) is 2.00. The monoisotopic (exact) mass is 267 g/mol. The van der Waals surface area contributed by atoms with Crippen molar-refractivity contribution in [1.82, 2.24) is 4.90 Å². The van der Waals surface area contributed by atoms with Crippen LogP contribution < -0.4 is 0 Å². The topological polar surface area (TPSA) is 20.3 Å². The lowest BCUT2D eigenvalue weighted by Gasteiger charge is -2.26. The molecule has 0 saturated heterocycles. The fourth-order valence-electron chi connectivity index (χ4n) is 1.83. The minimum Gasteiger partial charge on any atom is -0.296 e. The van der Waals surface area contributed by atoms with E-state index >= 15 is 0 Å². The molecule has 2 atom stereocenters. The van der Waals surface area contributed by atoms with Crippen molar-refractivity contribution < 1.29 is 4.79 Å². The second-order valence-corrected chi connectivity index (χ2v) is 5.44. The van der Waals surface area contributed by atoms with Crippen LogP contribution in [0.15, 0.2) is 24.3 Å². The number of rotatable bonds is 6. The first kappa shape index (κ1) is 15.2. The summed E-state index contributed by atoms with van der Waals surface area (Å²) >= 11 is 5.82. The van der Waals surface area contributed by atoms with Gasteiger partial charge in [-0.05, 0) is 44.2 Å². The zero-order chi connectivity index (χ0) is 13.7. The molecule has 1 rings (SSSR count). The van der Waals surface area contributed by atoms with E-state index in [1.807, 2.05) is 14.0 Å². The molecule has 1 aromatic rings. The van der Waals surface area contributed by atoms with E-state index in [0.717, 1.165) is 18.5 Å². The first-order valence-corrected chi connectivity index (χ1v) is 6.83. The zero-order valence-electron chi connectivity index (χ0n) is 11.6. The molecule has 1 aromatic carbocycles. The number of benzene rings is 1. The quantitative estimate of drug-likeness (QED) is 0.729. The molecule has 0 saturated carbocycles. The van der Waals surface area contributed by atoms with Crippen molar-refractivity contribution in [3.05, 3.63) is 34.9 Å². The Morgan fingerprint density at radius 3 is 2.33 bits per heavy atom. The highest BCUT2D eigenvalue weighted by atomic mass is 35.5. The van der Waals surface area contributed by atoms with Crippen LogP contribution in [0.5, 0.6) is 0 Å². The van der Waals surface area contributed by atoms with E-state index in [1.165, 1.54) is 0 Å². The SMILES string of the molecule is CCC(C)CN(C)C(C)C(=O)c1ccc(Cl)cc1. The second kappa shape index (κ2) is 6.91. The second-order valence-electron chi connectivity index (χ2n) is 5.00. The van der Waals surface area contributed by atoms with E-state index in [0.29, 0.717) is 10.9 Å². The lowest BCUT2D eigenvalue weighted by Crippen LogP contribution is -2.38. The van der Waals surface area contributed by atoms with Crippen LogP contribution in [0.2, 0.25) is 5.02 Å². The molecule has 2 nitrogen and oxygen atoms in total. The molecule has 0 amide bonds. The van der Waals surface area contributed by atoms with Crippen molar-refractivity contribution >= 4 is 17.4 Å². The molecule has 0 N–H and O–H groups in total. The lowest BCUT2D eigenvalue weighted by atomic mass is 10.0. The Morgan fingerprint density at radius 2 is 1.83 bits per heavy atom. The standard InChI is InChI=1S/C15H22ClNO/c1-5-11(2)10-17(4)12(3)15(18)13-6-8-14(16)9-7-13/h6-9,11-12H,5,10H2,1-4H3. The summed E-state index contributed by atoms with van der Waals surface area (Å²) in [6.07, 6.45) is 1.13. The van der Waals surface area contributed by atoms with Gasteiger partial charge in [0.1, 0.15) is 0 Å². The number of nitrogens with zero attached hydrogens (tertiary/aromatic N) is 1. The van der Waals surface area contributed by atoms with E-state index < -0.39 is 0 Å². The molecule has 0 bridgehead atoms. The lowest BCUT2D eigenvalue weighted by molar-refractivity contribution is 0.0854. The van der Waals surface area contributed by atoms with Gasteiger partial charge in [0.05, 0.1) is 6.04 Å². The minimum absolute atomic E-state index is 0.0971. The molecule has 18 heavy (non-hydrogen) atoms. The number of halogens is 1. The van der Waals surface area contributed by atoms with Crippen LogP contribution in [0.4, 0.5) is 0 Å². The Morgan fingerprint density at radius 1 is 1.28 bits per heavy atom. The molecule has 0 fully saturated rings. The van der Waals surface area contributed by atoms with Crippen molar-refractivity contribution in [2.75, 3.05) is 13.6 Å². The van der Waals surface area contributed by atoms with Crippen molar-refractivity contribution in [3.8, 4) is 0 Å². The van der Waals surface area contributed by atoms with Crippen LogP contribution in [0.25, 0.3) is 0 Å². The summed E-state index contributed by atoms with van der Waals surface area (Å²) in [5.74, 6) is 0.757. The molecule has 2 unspecified atom stereocenters. The zero-order valence-corrected chi connectivity index (χ0v) is 12.4. The van der Waals surface area contributed by atoms with Gasteiger partial charge in [0, 0.05) is 17.1 Å². The summed E-state index contributed by atoms with van der Waals surface area (Å²) < 4.78 is 0. The number of carbonyl (C=O) groups is 1. The maximum atomic E-state index is 12.3. The summed E-state index contributed by atoms with van der Waals surface area (Å²) in [4.78, 5) is 14.4. The minimum atomic E-state index is -0.0971. The Balaban J connectivity index is 2.68. The van der Waals surface area contributed by atoms with Crippen LogP contribution in [0.3, 0.4) is 0 Å². The molecule has 0 aromatic heterocycles. The van der Waals surface area contributed by atoms with Crippen LogP contribution in [-0.4, -0.2) is 30.3 Å². The molecule has 0 heterocycles. The number of hydrogen-bond acceptors (Lipinski definition) is 2. The normalized spacial score (nSPS) is 14.6. The average molecular weight is 268 g/mol. The van der Waals surface area contributed by atoms with Gasteiger partial charge < -0.3 is 0 Å². The number of hydrogen-bond donors (Lipinski definition) is 0. The van der Waals surface area contributed by atoms with Gasteiger partial charge in [-0.3, -0.25) is 9.69 Å². The molecule has 3 heteroatoms. The van der Waals surface area contributed by atoms with Crippen LogP contribution in [0, 0.1) is 5.92 Å². The van der Waals surface area contributed by atoms with Gasteiger partial charge in [0.25, 0.3) is 0 Å². The Kier molecular flexibility index (Phi) is 5.83. The van der Waals surface area contributed by atoms with Crippen molar-refractivity contribution in [3.63, 3.8) is 0 Å². The van der Waals surface area contributed by atoms with Crippen molar-refractivity contribution in [2.24, 2.45) is 5.92 Å². The Labute approximate surface area is 115 Å². The molecule has 0 radical (unpaired) electrons. The van der Waals surface area contributed by atoms with Crippen LogP contribution in [0.1, 0.15) is 37.6 Å². The Hall–Kier alpha value is -0.860. The summed E-state index contributed by atoms with van der Waals surface area (Å²) in [6, 6.07) is 7.00. The van der Waals surface area contributed by atoms with E-state index in [9.17, 15) is 4.79 Å². The first-order valence-electron chi connectivity index (χ1n) is 6.45. The summed E-state index contributed by atoms with van der Waals surface area (Å²) in [5, 5.41) is 0.659.